The van der Waals surface area contributed by atoms with E-state index in [1.807, 2.05) is 0 Å². The average molecular weight is 291 g/mol. The Hall–Kier alpha value is -2.19. The van der Waals surface area contributed by atoms with Crippen molar-refractivity contribution in [3.05, 3.63) is 28.8 Å². The molecule has 1 saturated carbocycles. The van der Waals surface area contributed by atoms with Crippen LogP contribution in [0.5, 0.6) is 0 Å². The molecule has 0 bridgehead atoms. The van der Waals surface area contributed by atoms with Gasteiger partial charge in [0.05, 0.1) is 25.1 Å². The number of anilines is 1. The number of hydrogen-bond donors (Lipinski definition) is 3. The number of aromatic nitrogens is 4. The van der Waals surface area contributed by atoms with E-state index in [4.69, 9.17) is 10.5 Å². The number of aliphatic hydroxyl groups excluding tert-OH is 1. The lowest BCUT2D eigenvalue weighted by molar-refractivity contribution is 0.0794. The second kappa shape index (κ2) is 4.97. The highest BCUT2D eigenvalue weighted by Gasteiger charge is 2.38. The van der Waals surface area contributed by atoms with Gasteiger partial charge >= 0.3 is 0 Å². The van der Waals surface area contributed by atoms with E-state index in [0.717, 1.165) is 5.57 Å². The largest absolute Gasteiger partial charge is 0.392 e. The van der Waals surface area contributed by atoms with Crippen LogP contribution < -0.4 is 11.3 Å². The van der Waals surface area contributed by atoms with Gasteiger partial charge in [0, 0.05) is 13.0 Å². The van der Waals surface area contributed by atoms with E-state index in [-0.39, 0.29) is 29.0 Å². The number of nitrogens with zero attached hydrogens (tertiary/aromatic N) is 3. The summed E-state index contributed by atoms with van der Waals surface area (Å²) >= 11 is 0. The Morgan fingerprint density at radius 2 is 2.43 bits per heavy atom. The van der Waals surface area contributed by atoms with Gasteiger partial charge in [0.15, 0.2) is 11.2 Å². The van der Waals surface area contributed by atoms with E-state index in [0.29, 0.717) is 18.7 Å². The van der Waals surface area contributed by atoms with E-state index in [1.54, 1.807) is 11.7 Å². The second-order valence-corrected chi connectivity index (χ2v) is 5.23. The van der Waals surface area contributed by atoms with Crippen molar-refractivity contribution in [3.63, 3.8) is 0 Å². The molecule has 8 heteroatoms. The summed E-state index contributed by atoms with van der Waals surface area (Å²) in [5.74, 6) is -0.108. The van der Waals surface area contributed by atoms with Gasteiger partial charge < -0.3 is 20.1 Å². The van der Waals surface area contributed by atoms with Crippen LogP contribution in [-0.4, -0.2) is 44.4 Å². The molecule has 112 valence electrons. The molecule has 0 aromatic carbocycles. The first-order valence-electron chi connectivity index (χ1n) is 6.61. The molecule has 1 aliphatic carbocycles. The number of ether oxygens (including phenoxy) is 1. The summed E-state index contributed by atoms with van der Waals surface area (Å²) in [6.45, 7) is 4.46. The molecule has 0 saturated heterocycles. The number of hydrogen-bond acceptors (Lipinski definition) is 6. The average Bonchev–Trinajstić information content (AvgIpc) is 2.95. The van der Waals surface area contributed by atoms with Crippen LogP contribution in [0.15, 0.2) is 23.3 Å². The zero-order valence-corrected chi connectivity index (χ0v) is 11.6. The van der Waals surface area contributed by atoms with Crippen LogP contribution in [0.4, 0.5) is 5.95 Å². The van der Waals surface area contributed by atoms with Crippen molar-refractivity contribution >= 4 is 17.1 Å². The molecule has 0 spiro atoms. The van der Waals surface area contributed by atoms with Gasteiger partial charge in [-0.05, 0) is 12.0 Å². The van der Waals surface area contributed by atoms with E-state index < -0.39 is 6.10 Å². The third kappa shape index (κ3) is 2.12. The molecule has 3 unspecified atom stereocenters. The lowest BCUT2D eigenvalue weighted by Crippen LogP contribution is -2.19. The molecule has 0 radical (unpaired) electrons. The third-order valence-electron chi connectivity index (χ3n) is 3.97. The summed E-state index contributed by atoms with van der Waals surface area (Å²) in [6, 6.07) is -0.182. The smallest absolute Gasteiger partial charge is 0.280 e. The number of imidazole rings is 1. The van der Waals surface area contributed by atoms with Crippen LogP contribution in [0, 0.1) is 5.92 Å². The van der Waals surface area contributed by atoms with Crippen LogP contribution in [0.25, 0.3) is 11.2 Å². The number of fused-ring (bicyclic) bond motifs is 1. The molecule has 1 fully saturated rings. The fourth-order valence-electron chi connectivity index (χ4n) is 2.90. The molecule has 8 nitrogen and oxygen atoms in total. The quantitative estimate of drug-likeness (QED) is 0.675. The van der Waals surface area contributed by atoms with Gasteiger partial charge in [-0.2, -0.15) is 4.98 Å². The zero-order chi connectivity index (χ0) is 15.1. The van der Waals surface area contributed by atoms with E-state index in [2.05, 4.69) is 21.5 Å². The number of aromatic amines is 1. The number of aliphatic hydroxyl groups is 1. The Balaban J connectivity index is 2.06. The molecule has 3 rings (SSSR count). The highest BCUT2D eigenvalue weighted by molar-refractivity contribution is 5.70. The summed E-state index contributed by atoms with van der Waals surface area (Å²) in [7, 11) is 1.59. The normalized spacial score (nSPS) is 25.8. The summed E-state index contributed by atoms with van der Waals surface area (Å²) in [6.07, 6.45) is 1.47. The minimum absolute atomic E-state index is 0.0341. The first-order valence-corrected chi connectivity index (χ1v) is 6.61. The number of methoxy groups -OCH3 is 1. The van der Waals surface area contributed by atoms with Gasteiger partial charge in [0.25, 0.3) is 5.56 Å². The standard InChI is InChI=1S/C13H17N5O3/c1-6-7(4-21-2)9(19)3-8(6)18-5-15-10-11(18)16-13(14)17-12(10)20/h5,7-9,19H,1,3-4H2,2H3,(H3,14,16,17,20). The van der Waals surface area contributed by atoms with Crippen LogP contribution in [0.1, 0.15) is 12.5 Å². The van der Waals surface area contributed by atoms with E-state index in [1.165, 1.54) is 6.33 Å². The van der Waals surface area contributed by atoms with Crippen molar-refractivity contribution in [3.8, 4) is 0 Å². The predicted octanol–water partition coefficient (Wildman–Crippen LogP) is -0.174. The number of nitrogen functional groups attached to an aromatic ring is 1. The lowest BCUT2D eigenvalue weighted by atomic mass is 10.0. The molecule has 3 atom stereocenters. The molecule has 0 amide bonds. The van der Waals surface area contributed by atoms with Crippen LogP contribution in [-0.2, 0) is 4.74 Å². The van der Waals surface area contributed by atoms with Gasteiger partial charge in [-0.1, -0.05) is 6.58 Å². The van der Waals surface area contributed by atoms with E-state index >= 15 is 0 Å². The lowest BCUT2D eigenvalue weighted by Gasteiger charge is -2.16. The Labute approximate surface area is 120 Å². The van der Waals surface area contributed by atoms with Gasteiger partial charge in [0.1, 0.15) is 0 Å². The molecular formula is C13H17N5O3. The number of nitrogens with two attached hydrogens (primary N) is 1. The summed E-state index contributed by atoms with van der Waals surface area (Å²) in [5.41, 5.74) is 6.67. The summed E-state index contributed by atoms with van der Waals surface area (Å²) in [4.78, 5) is 22.4. The molecular weight excluding hydrogens is 274 g/mol. The second-order valence-electron chi connectivity index (χ2n) is 5.23. The minimum atomic E-state index is -0.542. The van der Waals surface area contributed by atoms with E-state index in [9.17, 15) is 9.90 Å². The van der Waals surface area contributed by atoms with Crippen molar-refractivity contribution in [1.82, 2.24) is 19.5 Å². The highest BCUT2D eigenvalue weighted by Crippen LogP contribution is 2.40. The van der Waals surface area contributed by atoms with Crippen molar-refractivity contribution in [2.75, 3.05) is 19.5 Å². The number of nitrogens with one attached hydrogen (secondary N) is 1. The maximum absolute atomic E-state index is 11.8. The monoisotopic (exact) mass is 291 g/mol. The molecule has 1 aliphatic rings. The van der Waals surface area contributed by atoms with Gasteiger partial charge in [0.2, 0.25) is 5.95 Å². The number of rotatable bonds is 3. The predicted molar refractivity (Wildman–Crippen MR) is 76.7 cm³/mol. The molecule has 2 heterocycles. The van der Waals surface area contributed by atoms with Crippen molar-refractivity contribution in [1.29, 1.82) is 0 Å². The highest BCUT2D eigenvalue weighted by atomic mass is 16.5. The maximum atomic E-state index is 11.8. The Morgan fingerprint density at radius 1 is 1.67 bits per heavy atom. The third-order valence-corrected chi connectivity index (χ3v) is 3.97. The van der Waals surface area contributed by atoms with Crippen molar-refractivity contribution in [2.24, 2.45) is 5.92 Å². The van der Waals surface area contributed by atoms with Crippen molar-refractivity contribution in [2.45, 2.75) is 18.6 Å². The van der Waals surface area contributed by atoms with Crippen LogP contribution in [0.2, 0.25) is 0 Å². The van der Waals surface area contributed by atoms with Gasteiger partial charge in [-0.25, -0.2) is 4.98 Å². The van der Waals surface area contributed by atoms with Gasteiger partial charge in [-0.3, -0.25) is 9.78 Å². The molecule has 2 aromatic heterocycles. The Bertz CT molecular complexity index is 750. The Kier molecular flexibility index (Phi) is 3.26. The van der Waals surface area contributed by atoms with Crippen LogP contribution in [0.3, 0.4) is 0 Å². The molecule has 21 heavy (non-hydrogen) atoms. The van der Waals surface area contributed by atoms with Crippen molar-refractivity contribution < 1.29 is 9.84 Å². The van der Waals surface area contributed by atoms with Gasteiger partial charge in [-0.15, -0.1) is 0 Å². The maximum Gasteiger partial charge on any atom is 0.280 e. The SMILES string of the molecule is C=C1C(COC)C(O)CC1n1cnc2c(=O)[nH]c(N)nc21. The first-order chi connectivity index (χ1) is 10.0. The molecule has 2 aromatic rings. The Morgan fingerprint density at radius 3 is 3.14 bits per heavy atom. The summed E-state index contributed by atoms with van der Waals surface area (Å²) in [5, 5.41) is 10.2. The first kappa shape index (κ1) is 13.8. The van der Waals surface area contributed by atoms with Crippen LogP contribution >= 0.6 is 0 Å². The molecule has 0 aliphatic heterocycles. The fraction of sp³-hybridized carbons (Fsp3) is 0.462. The minimum Gasteiger partial charge on any atom is -0.392 e. The fourth-order valence-corrected chi connectivity index (χ4v) is 2.90. The number of H-pyrrole nitrogens is 1. The zero-order valence-electron chi connectivity index (χ0n) is 11.6. The topological polar surface area (TPSA) is 119 Å². The summed E-state index contributed by atoms with van der Waals surface area (Å²) < 4.78 is 6.86. The molecule has 4 N–H and O–H groups in total.